The van der Waals surface area contributed by atoms with E-state index in [1.54, 1.807) is 0 Å². The van der Waals surface area contributed by atoms with Gasteiger partial charge in [-0.15, -0.1) is 0 Å². The Kier molecular flexibility index (Phi) is 12.1. The Balaban J connectivity index is 0. The van der Waals surface area contributed by atoms with Crippen LogP contribution in [0.3, 0.4) is 0 Å². The maximum atomic E-state index is 2.42. The van der Waals surface area contributed by atoms with Crippen molar-refractivity contribution in [1.82, 2.24) is 0 Å². The zero-order valence-electron chi connectivity index (χ0n) is 13.6. The molecule has 0 aliphatic rings. The minimum absolute atomic E-state index is 0. The van der Waals surface area contributed by atoms with E-state index in [0.717, 1.165) is 0 Å². The van der Waals surface area contributed by atoms with Gasteiger partial charge in [-0.3, -0.25) is 0 Å². The maximum Gasteiger partial charge on any atom is 4.00 e. The predicted molar refractivity (Wildman–Crippen MR) is 90.7 cm³/mol. The van der Waals surface area contributed by atoms with Gasteiger partial charge in [-0.2, -0.15) is 22.9 Å². The van der Waals surface area contributed by atoms with Gasteiger partial charge in [0.05, 0.1) is 8.07 Å². The molecule has 0 aromatic heterocycles. The first-order valence-electron chi connectivity index (χ1n) is 7.06. The molecule has 0 aliphatic carbocycles. The van der Waals surface area contributed by atoms with Crippen molar-refractivity contribution in [3.05, 3.63) is 78.9 Å². The second-order valence-electron chi connectivity index (χ2n) is 5.75. The summed E-state index contributed by atoms with van der Waals surface area (Å²) in [5, 5.41) is 2.99. The largest absolute Gasteiger partial charge is 4.00 e. The Bertz CT molecular complexity index is 697. The molecule has 0 unspecified atom stereocenters. The summed E-state index contributed by atoms with van der Waals surface area (Å²) in [5.74, 6) is 0. The number of rotatable bonds is 3. The van der Waals surface area contributed by atoms with Crippen molar-refractivity contribution in [2.45, 2.75) is 13.1 Å². The van der Waals surface area contributed by atoms with Crippen LogP contribution in [0.4, 0.5) is 0 Å². The Labute approximate surface area is 179 Å². The Hall–Kier alpha value is -0.409. The first-order valence-corrected chi connectivity index (χ1v) is 10.1. The second kappa shape index (κ2) is 11.3. The van der Waals surface area contributed by atoms with Crippen LogP contribution in [0.2, 0.25) is 13.1 Å². The number of halogens is 3. The van der Waals surface area contributed by atoms with Crippen LogP contribution in [-0.2, 0) is 21.7 Å². The van der Waals surface area contributed by atoms with Crippen LogP contribution in [0.5, 0.6) is 0 Å². The van der Waals surface area contributed by atoms with Gasteiger partial charge in [0.2, 0.25) is 0 Å². The van der Waals surface area contributed by atoms with Crippen molar-refractivity contribution in [3.63, 3.8) is 0 Å². The molecule has 0 N–H and O–H groups in total. The van der Waals surface area contributed by atoms with Crippen LogP contribution >= 0.6 is 0 Å². The van der Waals surface area contributed by atoms with Crippen LogP contribution in [-0.4, -0.2) is 8.07 Å². The van der Waals surface area contributed by atoms with Crippen LogP contribution in [0.25, 0.3) is 11.1 Å². The average Bonchev–Trinajstić information content (AvgIpc) is 3.00. The van der Waals surface area contributed by atoms with Gasteiger partial charge in [-0.05, 0) is 0 Å². The zero-order valence-corrected chi connectivity index (χ0v) is 18.5. The smallest absolute Gasteiger partial charge is 1.00 e. The molecular weight excluding hydrogens is 411 g/mol. The molecule has 3 aromatic carbocycles. The minimum atomic E-state index is -1.57. The van der Waals surface area contributed by atoms with Crippen molar-refractivity contribution >= 4 is 18.4 Å². The molecule has 0 fully saturated rings. The van der Waals surface area contributed by atoms with Crippen molar-refractivity contribution < 1.29 is 58.9 Å². The molecular formula is C19H19Cl3SiTi. The van der Waals surface area contributed by atoms with Crippen LogP contribution < -0.4 is 47.6 Å². The monoisotopic (exact) mass is 428 g/mol. The molecule has 0 radical (unpaired) electrons. The Morgan fingerprint density at radius 3 is 1.71 bits per heavy atom. The fraction of sp³-hybridized carbons (Fsp3) is 0.105. The van der Waals surface area contributed by atoms with Crippen LogP contribution in [0.15, 0.2) is 78.9 Å². The number of hydrogen-bond donors (Lipinski definition) is 0. The van der Waals surface area contributed by atoms with E-state index in [1.807, 2.05) is 0 Å². The fourth-order valence-corrected chi connectivity index (χ4v) is 5.04. The van der Waals surface area contributed by atoms with E-state index in [1.165, 1.54) is 21.5 Å². The summed E-state index contributed by atoms with van der Waals surface area (Å²) < 4.78 is 0. The first-order chi connectivity index (χ1) is 9.68. The summed E-state index contributed by atoms with van der Waals surface area (Å²) in [7, 11) is -1.57. The summed E-state index contributed by atoms with van der Waals surface area (Å²) in [6, 6.07) is 28.5. The third-order valence-corrected chi connectivity index (χ3v) is 7.61. The molecule has 124 valence electrons. The van der Waals surface area contributed by atoms with Gasteiger partial charge < -0.3 is 37.2 Å². The fourth-order valence-electron chi connectivity index (χ4n) is 2.66. The van der Waals surface area contributed by atoms with Gasteiger partial charge in [0, 0.05) is 0 Å². The first kappa shape index (κ1) is 25.8. The summed E-state index contributed by atoms with van der Waals surface area (Å²) in [5.41, 5.74) is 2.63. The normalized spacial score (nSPS) is 9.58. The topological polar surface area (TPSA) is 0 Å². The van der Waals surface area contributed by atoms with E-state index in [2.05, 4.69) is 92.0 Å². The van der Waals surface area contributed by atoms with Gasteiger partial charge in [0.1, 0.15) is 0 Å². The predicted octanol–water partition coefficient (Wildman–Crippen LogP) is -5.10. The molecule has 3 rings (SSSR count). The molecule has 5 heteroatoms. The second-order valence-corrected chi connectivity index (χ2v) is 10.2. The summed E-state index contributed by atoms with van der Waals surface area (Å²) >= 11 is 0. The van der Waals surface area contributed by atoms with Gasteiger partial charge in [0.15, 0.2) is 0 Å². The summed E-state index contributed by atoms with van der Waals surface area (Å²) in [4.78, 5) is 0. The van der Waals surface area contributed by atoms with E-state index in [-0.39, 0.29) is 58.9 Å². The quantitative estimate of drug-likeness (QED) is 0.289. The Morgan fingerprint density at radius 1 is 0.667 bits per heavy atom. The summed E-state index contributed by atoms with van der Waals surface area (Å²) in [6.45, 7) is 4.85. The molecule has 0 saturated heterocycles. The molecule has 0 heterocycles. The van der Waals surface area contributed by atoms with E-state index in [9.17, 15) is 0 Å². The molecule has 0 saturated carbocycles. The minimum Gasteiger partial charge on any atom is -1.00 e. The Morgan fingerprint density at radius 2 is 1.17 bits per heavy atom. The van der Waals surface area contributed by atoms with E-state index in [0.29, 0.717) is 0 Å². The van der Waals surface area contributed by atoms with Gasteiger partial charge >= 0.3 is 21.7 Å². The molecule has 0 amide bonds. The standard InChI is InChI=1S/C19H19Si.3ClH.Ti/c1-20(2,18-11-7-4-8-12-18)19-14-13-17(15-19)16-9-5-3-6-10-16;;;;/h3-15H,1-2H3;3*1H;/q-1;;;;+4/p-3. The summed E-state index contributed by atoms with van der Waals surface area (Å²) in [6.07, 6.45) is 0. The molecule has 0 spiro atoms. The zero-order chi connectivity index (χ0) is 14.0. The van der Waals surface area contributed by atoms with Gasteiger partial charge in [-0.25, -0.2) is 6.07 Å². The molecule has 0 aliphatic heterocycles. The van der Waals surface area contributed by atoms with Gasteiger partial charge in [0.25, 0.3) is 0 Å². The van der Waals surface area contributed by atoms with Crippen LogP contribution in [0, 0.1) is 0 Å². The molecule has 0 atom stereocenters. The van der Waals surface area contributed by atoms with E-state index < -0.39 is 8.07 Å². The van der Waals surface area contributed by atoms with Crippen molar-refractivity contribution in [1.29, 1.82) is 0 Å². The third-order valence-electron chi connectivity index (χ3n) is 4.08. The average molecular weight is 430 g/mol. The molecule has 0 nitrogen and oxygen atoms in total. The van der Waals surface area contributed by atoms with Gasteiger partial charge in [-0.1, -0.05) is 84.5 Å². The van der Waals surface area contributed by atoms with E-state index >= 15 is 0 Å². The van der Waals surface area contributed by atoms with Crippen molar-refractivity contribution in [3.8, 4) is 11.1 Å². The van der Waals surface area contributed by atoms with Crippen molar-refractivity contribution in [2.24, 2.45) is 0 Å². The molecule has 24 heavy (non-hydrogen) atoms. The maximum absolute atomic E-state index is 2.42. The van der Waals surface area contributed by atoms with Crippen LogP contribution in [0.1, 0.15) is 0 Å². The van der Waals surface area contributed by atoms with Crippen molar-refractivity contribution in [2.75, 3.05) is 0 Å². The molecule has 0 bridgehead atoms. The number of benzene rings is 2. The third kappa shape index (κ3) is 5.56. The SMILES string of the molecule is C[Si](C)(c1ccccc1)[c-]1ccc(-c2ccccc2)c1.[Cl-].[Cl-].[Cl-].[Ti+4]. The van der Waals surface area contributed by atoms with E-state index in [4.69, 9.17) is 0 Å². The molecule has 3 aromatic rings. The number of hydrogen-bond acceptors (Lipinski definition) is 0.